The van der Waals surface area contributed by atoms with Gasteiger partial charge in [0.2, 0.25) is 11.7 Å². The Bertz CT molecular complexity index is 824. The largest absolute Gasteiger partial charge is 0.493 e. The first-order valence-corrected chi connectivity index (χ1v) is 9.12. The highest BCUT2D eigenvalue weighted by Crippen LogP contribution is 2.38. The number of hydrogen-bond donors (Lipinski definition) is 1. The lowest BCUT2D eigenvalue weighted by molar-refractivity contribution is -0.133. The first kappa shape index (κ1) is 22.8. The van der Waals surface area contributed by atoms with Crippen LogP contribution < -0.4 is 19.5 Å². The molecular formula is C21H26ClFN2O4. The SMILES string of the molecule is COc1cc(CC(=O)N2CCNCC2c2cccc(F)c2)cc(OC)c1OC.Cl. The van der Waals surface area contributed by atoms with Gasteiger partial charge in [0.15, 0.2) is 11.5 Å². The second-order valence-electron chi connectivity index (χ2n) is 6.57. The lowest BCUT2D eigenvalue weighted by Gasteiger charge is -2.36. The topological polar surface area (TPSA) is 60.0 Å². The average molecular weight is 425 g/mol. The fraction of sp³-hybridized carbons (Fsp3) is 0.381. The van der Waals surface area contributed by atoms with Gasteiger partial charge in [0.1, 0.15) is 5.82 Å². The zero-order valence-corrected chi connectivity index (χ0v) is 17.6. The number of ether oxygens (including phenoxy) is 3. The molecule has 2 aromatic rings. The highest BCUT2D eigenvalue weighted by atomic mass is 35.5. The van der Waals surface area contributed by atoms with Gasteiger partial charge in [0.25, 0.3) is 0 Å². The molecule has 6 nitrogen and oxygen atoms in total. The summed E-state index contributed by atoms with van der Waals surface area (Å²) >= 11 is 0. The van der Waals surface area contributed by atoms with Gasteiger partial charge in [-0.2, -0.15) is 0 Å². The number of carbonyl (C=O) groups excluding carboxylic acids is 1. The highest BCUT2D eigenvalue weighted by Gasteiger charge is 2.28. The van der Waals surface area contributed by atoms with Crippen LogP contribution in [0.15, 0.2) is 36.4 Å². The van der Waals surface area contributed by atoms with Crippen molar-refractivity contribution in [3.05, 3.63) is 53.3 Å². The van der Waals surface area contributed by atoms with Gasteiger partial charge in [-0.05, 0) is 35.4 Å². The lowest BCUT2D eigenvalue weighted by atomic mass is 10.0. The summed E-state index contributed by atoms with van der Waals surface area (Å²) in [6.45, 7) is 1.85. The number of benzene rings is 2. The molecule has 0 aromatic heterocycles. The Hall–Kier alpha value is -2.51. The number of amides is 1. The van der Waals surface area contributed by atoms with Crippen molar-refractivity contribution < 1.29 is 23.4 Å². The van der Waals surface area contributed by atoms with E-state index in [1.54, 1.807) is 37.3 Å². The predicted octanol–water partition coefficient (Wildman–Crippen LogP) is 2.99. The van der Waals surface area contributed by atoms with E-state index in [9.17, 15) is 9.18 Å². The predicted molar refractivity (Wildman–Crippen MR) is 111 cm³/mol. The molecule has 1 unspecified atom stereocenters. The number of rotatable bonds is 6. The molecule has 0 bridgehead atoms. The van der Waals surface area contributed by atoms with Crippen molar-refractivity contribution in [3.8, 4) is 17.2 Å². The van der Waals surface area contributed by atoms with Crippen LogP contribution in [0.1, 0.15) is 17.2 Å². The van der Waals surface area contributed by atoms with Crippen LogP contribution >= 0.6 is 12.4 Å². The molecule has 0 spiro atoms. The Morgan fingerprint density at radius 3 is 2.41 bits per heavy atom. The third-order valence-corrected chi connectivity index (χ3v) is 4.88. The molecule has 8 heteroatoms. The van der Waals surface area contributed by atoms with E-state index < -0.39 is 0 Å². The fourth-order valence-corrected chi connectivity index (χ4v) is 3.53. The summed E-state index contributed by atoms with van der Waals surface area (Å²) in [6, 6.07) is 9.75. The van der Waals surface area contributed by atoms with Gasteiger partial charge in [-0.1, -0.05) is 12.1 Å². The molecule has 1 heterocycles. The molecule has 1 N–H and O–H groups in total. The molecule has 1 amide bonds. The molecule has 158 valence electrons. The minimum absolute atomic E-state index is 0. The molecular weight excluding hydrogens is 399 g/mol. The Kier molecular flexibility index (Phi) is 8.10. The maximum absolute atomic E-state index is 13.7. The van der Waals surface area contributed by atoms with Crippen molar-refractivity contribution in [2.45, 2.75) is 12.5 Å². The minimum atomic E-state index is -0.305. The summed E-state index contributed by atoms with van der Waals surface area (Å²) < 4.78 is 29.7. The second-order valence-corrected chi connectivity index (χ2v) is 6.57. The number of hydrogen-bond acceptors (Lipinski definition) is 5. The third kappa shape index (κ3) is 5.10. The molecule has 2 aromatic carbocycles. The highest BCUT2D eigenvalue weighted by molar-refractivity contribution is 5.85. The molecule has 1 atom stereocenters. The summed E-state index contributed by atoms with van der Waals surface area (Å²) in [6.07, 6.45) is 0.183. The molecule has 0 radical (unpaired) electrons. The number of carbonyl (C=O) groups is 1. The van der Waals surface area contributed by atoms with Crippen LogP contribution in [-0.4, -0.2) is 51.8 Å². The first-order valence-electron chi connectivity index (χ1n) is 9.12. The van der Waals surface area contributed by atoms with Crippen molar-refractivity contribution in [1.29, 1.82) is 0 Å². The summed E-state index contributed by atoms with van der Waals surface area (Å²) in [5.41, 5.74) is 1.54. The van der Waals surface area contributed by atoms with Crippen LogP contribution in [0.25, 0.3) is 0 Å². The Morgan fingerprint density at radius 2 is 1.83 bits per heavy atom. The molecule has 0 aliphatic carbocycles. The van der Waals surface area contributed by atoms with Crippen LogP contribution in [0.3, 0.4) is 0 Å². The van der Waals surface area contributed by atoms with Crippen LogP contribution in [0.5, 0.6) is 17.2 Å². The number of nitrogens with zero attached hydrogens (tertiary/aromatic N) is 1. The number of nitrogens with one attached hydrogen (secondary N) is 1. The van der Waals surface area contributed by atoms with Gasteiger partial charge in [-0.25, -0.2) is 4.39 Å². The van der Waals surface area contributed by atoms with E-state index in [1.807, 2.05) is 6.07 Å². The maximum Gasteiger partial charge on any atom is 0.227 e. The van der Waals surface area contributed by atoms with E-state index in [1.165, 1.54) is 19.2 Å². The zero-order valence-electron chi connectivity index (χ0n) is 16.7. The molecule has 1 aliphatic rings. The average Bonchev–Trinajstić information content (AvgIpc) is 2.72. The van der Waals surface area contributed by atoms with Crippen LogP contribution in [0, 0.1) is 5.82 Å². The van der Waals surface area contributed by atoms with Gasteiger partial charge in [0.05, 0.1) is 33.8 Å². The van der Waals surface area contributed by atoms with Crippen molar-refractivity contribution in [3.63, 3.8) is 0 Å². The van der Waals surface area contributed by atoms with Crippen molar-refractivity contribution in [1.82, 2.24) is 10.2 Å². The van der Waals surface area contributed by atoms with Gasteiger partial charge >= 0.3 is 0 Å². The van der Waals surface area contributed by atoms with Crippen molar-refractivity contribution in [2.24, 2.45) is 0 Å². The van der Waals surface area contributed by atoms with Crippen LogP contribution in [0.4, 0.5) is 4.39 Å². The Morgan fingerprint density at radius 1 is 1.14 bits per heavy atom. The van der Waals surface area contributed by atoms with Gasteiger partial charge < -0.3 is 24.4 Å². The monoisotopic (exact) mass is 424 g/mol. The molecule has 29 heavy (non-hydrogen) atoms. The van der Waals surface area contributed by atoms with Crippen molar-refractivity contribution in [2.75, 3.05) is 41.0 Å². The van der Waals surface area contributed by atoms with E-state index in [0.29, 0.717) is 36.9 Å². The molecule has 3 rings (SSSR count). The van der Waals surface area contributed by atoms with E-state index in [4.69, 9.17) is 14.2 Å². The summed E-state index contributed by atoms with van der Waals surface area (Å²) in [5, 5.41) is 3.28. The minimum Gasteiger partial charge on any atom is -0.493 e. The zero-order chi connectivity index (χ0) is 20.1. The van der Waals surface area contributed by atoms with Crippen LogP contribution in [-0.2, 0) is 11.2 Å². The quantitative estimate of drug-likeness (QED) is 0.772. The maximum atomic E-state index is 13.7. The second kappa shape index (κ2) is 10.3. The van der Waals surface area contributed by atoms with Crippen molar-refractivity contribution >= 4 is 18.3 Å². The fourth-order valence-electron chi connectivity index (χ4n) is 3.53. The van der Waals surface area contributed by atoms with Gasteiger partial charge in [-0.3, -0.25) is 4.79 Å². The standard InChI is InChI=1S/C21H25FN2O4.ClH/c1-26-18-9-14(10-19(27-2)21(18)28-3)11-20(25)24-8-7-23-13-17(24)15-5-4-6-16(22)12-15;/h4-6,9-10,12,17,23H,7-8,11,13H2,1-3H3;1H. The Labute approximate surface area is 176 Å². The van der Waals surface area contributed by atoms with Gasteiger partial charge in [-0.15, -0.1) is 12.4 Å². The smallest absolute Gasteiger partial charge is 0.227 e. The summed E-state index contributed by atoms with van der Waals surface area (Å²) in [4.78, 5) is 14.9. The number of piperazine rings is 1. The van der Waals surface area contributed by atoms with Gasteiger partial charge in [0, 0.05) is 19.6 Å². The van der Waals surface area contributed by atoms with E-state index in [0.717, 1.165) is 11.1 Å². The number of halogens is 2. The normalized spacial score (nSPS) is 16.0. The number of methoxy groups -OCH3 is 3. The van der Waals surface area contributed by atoms with E-state index in [2.05, 4.69) is 5.32 Å². The molecule has 1 aliphatic heterocycles. The molecule has 1 saturated heterocycles. The summed E-state index contributed by atoms with van der Waals surface area (Å²) in [7, 11) is 4.62. The molecule has 0 saturated carbocycles. The van der Waals surface area contributed by atoms with E-state index >= 15 is 0 Å². The lowest BCUT2D eigenvalue weighted by Crippen LogP contribution is -2.49. The third-order valence-electron chi connectivity index (χ3n) is 4.88. The van der Waals surface area contributed by atoms with Crippen LogP contribution in [0.2, 0.25) is 0 Å². The first-order chi connectivity index (χ1) is 13.6. The molecule has 1 fully saturated rings. The summed E-state index contributed by atoms with van der Waals surface area (Å²) in [5.74, 6) is 1.16. The Balaban J connectivity index is 0.00000300. The van der Waals surface area contributed by atoms with E-state index in [-0.39, 0.29) is 36.6 Å².